The Hall–Kier alpha value is -0.710. The lowest BCUT2D eigenvalue weighted by Crippen LogP contribution is -2.23. The first kappa shape index (κ1) is 9.29. The minimum absolute atomic E-state index is 0.0746. The largest absolute Gasteiger partial charge is 0.376 e. The molecule has 0 saturated carbocycles. The van der Waals surface area contributed by atoms with E-state index in [0.29, 0.717) is 0 Å². The third kappa shape index (κ3) is 7.29. The lowest BCUT2D eigenvalue weighted by Gasteiger charge is -1.93. The molecule has 0 aromatic heterocycles. The fourth-order valence-electron chi connectivity index (χ4n) is 0.312. The molecule has 0 spiro atoms. The van der Waals surface area contributed by atoms with Crippen molar-refractivity contribution in [3.05, 3.63) is 12.3 Å². The SMILES string of the molecule is NC(=S)NC=CCC(F)F. The zero-order chi connectivity index (χ0) is 7.98. The first-order valence-corrected chi connectivity index (χ1v) is 3.03. The Labute approximate surface area is 63.1 Å². The number of hydrogen-bond acceptors (Lipinski definition) is 1. The Morgan fingerprint density at radius 3 is 2.70 bits per heavy atom. The van der Waals surface area contributed by atoms with Crippen molar-refractivity contribution in [1.29, 1.82) is 0 Å². The second-order valence-corrected chi connectivity index (χ2v) is 1.98. The number of hydrogen-bond donors (Lipinski definition) is 2. The van der Waals surface area contributed by atoms with Gasteiger partial charge in [-0.3, -0.25) is 0 Å². The van der Waals surface area contributed by atoms with Crippen LogP contribution in [-0.4, -0.2) is 11.5 Å². The van der Waals surface area contributed by atoms with Gasteiger partial charge in [-0.05, 0) is 18.4 Å². The van der Waals surface area contributed by atoms with Crippen molar-refractivity contribution in [2.24, 2.45) is 5.73 Å². The van der Waals surface area contributed by atoms with Crippen molar-refractivity contribution >= 4 is 17.3 Å². The zero-order valence-corrected chi connectivity index (χ0v) is 6.00. The van der Waals surface area contributed by atoms with E-state index in [4.69, 9.17) is 5.73 Å². The molecule has 0 aromatic carbocycles. The Kier molecular flexibility index (Phi) is 4.74. The molecule has 0 heterocycles. The highest BCUT2D eigenvalue weighted by atomic mass is 32.1. The summed E-state index contributed by atoms with van der Waals surface area (Å²) in [5.74, 6) is 0. The number of nitrogens with two attached hydrogens (primary N) is 1. The molecule has 2 nitrogen and oxygen atoms in total. The van der Waals surface area contributed by atoms with Gasteiger partial charge in [-0.25, -0.2) is 8.78 Å². The van der Waals surface area contributed by atoms with Gasteiger partial charge >= 0.3 is 0 Å². The molecule has 3 N–H and O–H groups in total. The summed E-state index contributed by atoms with van der Waals surface area (Å²) in [4.78, 5) is 0. The van der Waals surface area contributed by atoms with Crippen LogP contribution in [0.1, 0.15) is 6.42 Å². The van der Waals surface area contributed by atoms with E-state index in [1.165, 1.54) is 12.3 Å². The summed E-state index contributed by atoms with van der Waals surface area (Å²) in [6.07, 6.45) is -0.0297. The fraction of sp³-hybridized carbons (Fsp3) is 0.400. The highest BCUT2D eigenvalue weighted by Gasteiger charge is 1.95. The number of thiocarbonyl (C=S) groups is 1. The van der Waals surface area contributed by atoms with Crippen LogP contribution in [0.25, 0.3) is 0 Å². The summed E-state index contributed by atoms with van der Waals surface area (Å²) in [5.41, 5.74) is 4.99. The van der Waals surface area contributed by atoms with Crippen LogP contribution in [0.3, 0.4) is 0 Å². The number of alkyl halides is 2. The molecule has 0 bridgehead atoms. The maximum absolute atomic E-state index is 11.4. The standard InChI is InChI=1S/C5H8F2N2S/c6-4(7)2-1-3-9-5(8)10/h1,3-4H,2H2,(H3,8,9,10). The van der Waals surface area contributed by atoms with Crippen LogP contribution in [0.5, 0.6) is 0 Å². The van der Waals surface area contributed by atoms with E-state index in [0.717, 1.165) is 0 Å². The number of halogens is 2. The minimum atomic E-state index is -2.32. The maximum atomic E-state index is 11.4. The van der Waals surface area contributed by atoms with E-state index >= 15 is 0 Å². The van der Waals surface area contributed by atoms with Crippen LogP contribution < -0.4 is 11.1 Å². The molecular weight excluding hydrogens is 158 g/mol. The third-order valence-electron chi connectivity index (χ3n) is 0.658. The Balaban J connectivity index is 3.29. The molecular formula is C5H8F2N2S. The van der Waals surface area contributed by atoms with Crippen molar-refractivity contribution in [3.8, 4) is 0 Å². The Morgan fingerprint density at radius 1 is 1.70 bits per heavy atom. The molecule has 0 aliphatic rings. The molecule has 0 aliphatic heterocycles. The summed E-state index contributed by atoms with van der Waals surface area (Å²) < 4.78 is 22.8. The highest BCUT2D eigenvalue weighted by Crippen LogP contribution is 1.97. The molecule has 0 aromatic rings. The molecule has 0 unspecified atom stereocenters. The topological polar surface area (TPSA) is 38.0 Å². The summed E-state index contributed by atoms with van der Waals surface area (Å²) in [5, 5.41) is 2.47. The number of nitrogens with one attached hydrogen (secondary N) is 1. The normalized spacial score (nSPS) is 10.7. The van der Waals surface area contributed by atoms with Crippen LogP contribution in [-0.2, 0) is 0 Å². The van der Waals surface area contributed by atoms with Crippen LogP contribution in [0.4, 0.5) is 8.78 Å². The monoisotopic (exact) mass is 166 g/mol. The van der Waals surface area contributed by atoms with Crippen molar-refractivity contribution in [2.75, 3.05) is 0 Å². The van der Waals surface area contributed by atoms with E-state index in [-0.39, 0.29) is 11.5 Å². The van der Waals surface area contributed by atoms with E-state index in [9.17, 15) is 8.78 Å². The van der Waals surface area contributed by atoms with Crippen LogP contribution in [0, 0.1) is 0 Å². The minimum Gasteiger partial charge on any atom is -0.376 e. The van der Waals surface area contributed by atoms with Gasteiger partial charge in [0, 0.05) is 6.42 Å². The average molecular weight is 166 g/mol. The predicted octanol–water partition coefficient (Wildman–Crippen LogP) is 0.989. The van der Waals surface area contributed by atoms with E-state index in [1.54, 1.807) is 0 Å². The van der Waals surface area contributed by atoms with Gasteiger partial charge in [-0.15, -0.1) is 0 Å². The second kappa shape index (κ2) is 5.10. The highest BCUT2D eigenvalue weighted by molar-refractivity contribution is 7.80. The fourth-order valence-corrected chi connectivity index (χ4v) is 0.380. The van der Waals surface area contributed by atoms with Crippen molar-refractivity contribution in [1.82, 2.24) is 5.32 Å². The van der Waals surface area contributed by atoms with Gasteiger partial charge in [-0.2, -0.15) is 0 Å². The molecule has 0 rings (SSSR count). The van der Waals surface area contributed by atoms with Crippen molar-refractivity contribution in [3.63, 3.8) is 0 Å². The van der Waals surface area contributed by atoms with E-state index in [1.807, 2.05) is 0 Å². The summed E-state index contributed by atoms with van der Waals surface area (Å²) in [6.45, 7) is 0. The summed E-state index contributed by atoms with van der Waals surface area (Å²) in [6, 6.07) is 0. The first-order valence-electron chi connectivity index (χ1n) is 2.62. The molecule has 0 amide bonds. The van der Waals surface area contributed by atoms with Gasteiger partial charge in [0.15, 0.2) is 5.11 Å². The van der Waals surface area contributed by atoms with Gasteiger partial charge in [0.2, 0.25) is 6.43 Å². The van der Waals surface area contributed by atoms with Crippen LogP contribution in [0.2, 0.25) is 0 Å². The van der Waals surface area contributed by atoms with E-state index < -0.39 is 6.43 Å². The van der Waals surface area contributed by atoms with Crippen molar-refractivity contribution < 1.29 is 8.78 Å². The van der Waals surface area contributed by atoms with Gasteiger partial charge < -0.3 is 11.1 Å². The van der Waals surface area contributed by atoms with Gasteiger partial charge in [-0.1, -0.05) is 6.08 Å². The zero-order valence-electron chi connectivity index (χ0n) is 5.18. The number of rotatable bonds is 3. The Morgan fingerprint density at radius 2 is 2.30 bits per heavy atom. The van der Waals surface area contributed by atoms with E-state index in [2.05, 4.69) is 17.5 Å². The quantitative estimate of drug-likeness (QED) is 0.614. The lowest BCUT2D eigenvalue weighted by atomic mass is 10.4. The molecule has 0 fully saturated rings. The molecule has 58 valence electrons. The average Bonchev–Trinajstić information content (AvgIpc) is 1.79. The van der Waals surface area contributed by atoms with Crippen LogP contribution >= 0.6 is 12.2 Å². The molecule has 0 radical (unpaired) electrons. The van der Waals surface area contributed by atoms with Crippen LogP contribution in [0.15, 0.2) is 12.3 Å². The van der Waals surface area contributed by atoms with Gasteiger partial charge in [0.05, 0.1) is 0 Å². The molecule has 5 heteroatoms. The molecule has 0 saturated heterocycles. The lowest BCUT2D eigenvalue weighted by molar-refractivity contribution is 0.152. The maximum Gasteiger partial charge on any atom is 0.242 e. The predicted molar refractivity (Wildman–Crippen MR) is 39.7 cm³/mol. The third-order valence-corrected chi connectivity index (χ3v) is 0.776. The summed E-state index contributed by atoms with van der Waals surface area (Å²) in [7, 11) is 0. The smallest absolute Gasteiger partial charge is 0.242 e. The molecule has 10 heavy (non-hydrogen) atoms. The molecule has 0 atom stereocenters. The second-order valence-electron chi connectivity index (χ2n) is 1.54. The first-order chi connectivity index (χ1) is 4.63. The molecule has 0 aliphatic carbocycles. The number of allylic oxidation sites excluding steroid dienone is 1. The van der Waals surface area contributed by atoms with Gasteiger partial charge in [0.25, 0.3) is 0 Å². The Bertz CT molecular complexity index is 136. The summed E-state index contributed by atoms with van der Waals surface area (Å²) >= 11 is 4.40. The van der Waals surface area contributed by atoms with Crippen molar-refractivity contribution in [2.45, 2.75) is 12.8 Å². The van der Waals surface area contributed by atoms with Gasteiger partial charge in [0.1, 0.15) is 0 Å².